The van der Waals surface area contributed by atoms with Crippen molar-refractivity contribution in [2.24, 2.45) is 23.5 Å². The lowest BCUT2D eigenvalue weighted by Crippen LogP contribution is -2.57. The fourth-order valence-electron chi connectivity index (χ4n) is 3.97. The van der Waals surface area contributed by atoms with Crippen molar-refractivity contribution in [1.29, 1.82) is 0 Å². The van der Waals surface area contributed by atoms with E-state index in [1.54, 1.807) is 12.1 Å². The van der Waals surface area contributed by atoms with Gasteiger partial charge in [0, 0.05) is 10.8 Å². The highest BCUT2D eigenvalue weighted by Crippen LogP contribution is 2.13. The van der Waals surface area contributed by atoms with Crippen LogP contribution in [0.25, 0.3) is 0 Å². The molecule has 0 saturated carbocycles. The number of amides is 3. The van der Waals surface area contributed by atoms with Crippen molar-refractivity contribution in [3.8, 4) is 5.75 Å². The van der Waals surface area contributed by atoms with Gasteiger partial charge < -0.3 is 31.9 Å². The van der Waals surface area contributed by atoms with E-state index >= 15 is 0 Å². The number of carboxylic acid groups (broad SMARTS) is 1. The first kappa shape index (κ1) is 40.3. The third kappa shape index (κ3) is 16.8. The Hall–Kier alpha value is -3.71. The molecule has 0 aliphatic heterocycles. The van der Waals surface area contributed by atoms with Crippen LogP contribution in [-0.4, -0.2) is 66.5 Å². The molecule has 13 heteroatoms. The SMILES string of the molecule is C=CS(=O)(=O)C=C.CC(C)C[C@H](NC(=O)[C@H](CC(C)C)NC(=O)[C@H](CC(C)C)NC(=O)[C@@H](N)Cc1ccc(O)cc1)C(=O)O. The van der Waals surface area contributed by atoms with Crippen LogP contribution in [-0.2, 0) is 35.4 Å². The van der Waals surface area contributed by atoms with Crippen LogP contribution >= 0.6 is 0 Å². The molecule has 0 heterocycles. The molecule has 3 amide bonds. The molecule has 0 unspecified atom stereocenters. The highest BCUT2D eigenvalue weighted by Gasteiger charge is 2.31. The third-order valence-electron chi connectivity index (χ3n) is 6.20. The van der Waals surface area contributed by atoms with Crippen LogP contribution in [0.15, 0.2) is 48.2 Å². The summed E-state index contributed by atoms with van der Waals surface area (Å²) in [5, 5.41) is 28.6. The Kier molecular flexibility index (Phi) is 17.9. The highest BCUT2D eigenvalue weighted by atomic mass is 32.2. The van der Waals surface area contributed by atoms with E-state index < -0.39 is 57.7 Å². The van der Waals surface area contributed by atoms with Crippen LogP contribution in [0.4, 0.5) is 0 Å². The van der Waals surface area contributed by atoms with Crippen molar-refractivity contribution in [3.05, 3.63) is 53.8 Å². The second kappa shape index (κ2) is 19.5. The molecule has 248 valence electrons. The van der Waals surface area contributed by atoms with E-state index in [0.717, 1.165) is 16.4 Å². The van der Waals surface area contributed by atoms with Gasteiger partial charge in [0.2, 0.25) is 17.7 Å². The van der Waals surface area contributed by atoms with Gasteiger partial charge in [-0.2, -0.15) is 0 Å². The molecular formula is C31H50N4O8S. The lowest BCUT2D eigenvalue weighted by atomic mass is 9.98. The average molecular weight is 639 g/mol. The lowest BCUT2D eigenvalue weighted by molar-refractivity contribution is -0.143. The van der Waals surface area contributed by atoms with Gasteiger partial charge in [-0.1, -0.05) is 66.8 Å². The smallest absolute Gasteiger partial charge is 0.326 e. The Morgan fingerprint density at radius 1 is 0.750 bits per heavy atom. The second-order valence-corrected chi connectivity index (χ2v) is 13.7. The van der Waals surface area contributed by atoms with Crippen LogP contribution in [0.2, 0.25) is 0 Å². The summed E-state index contributed by atoms with van der Waals surface area (Å²) in [6, 6.07) is 2.47. The topological polar surface area (TPSA) is 205 Å². The van der Waals surface area contributed by atoms with Crippen molar-refractivity contribution in [1.82, 2.24) is 16.0 Å². The Balaban J connectivity index is 0.00000234. The van der Waals surface area contributed by atoms with Crippen molar-refractivity contribution in [3.63, 3.8) is 0 Å². The van der Waals surface area contributed by atoms with Gasteiger partial charge in [-0.05, 0) is 61.1 Å². The molecular weight excluding hydrogens is 588 g/mol. The zero-order chi connectivity index (χ0) is 34.2. The van der Waals surface area contributed by atoms with Gasteiger partial charge in [0.1, 0.15) is 23.9 Å². The van der Waals surface area contributed by atoms with E-state index in [0.29, 0.717) is 12.8 Å². The second-order valence-electron chi connectivity index (χ2n) is 11.8. The van der Waals surface area contributed by atoms with Crippen LogP contribution in [0.5, 0.6) is 5.75 Å². The molecule has 0 radical (unpaired) electrons. The summed E-state index contributed by atoms with van der Waals surface area (Å²) >= 11 is 0. The quantitative estimate of drug-likeness (QED) is 0.148. The molecule has 7 N–H and O–H groups in total. The fraction of sp³-hybridized carbons (Fsp3) is 0.548. The maximum absolute atomic E-state index is 13.2. The van der Waals surface area contributed by atoms with Crippen LogP contribution in [0.1, 0.15) is 66.4 Å². The number of benzene rings is 1. The van der Waals surface area contributed by atoms with Gasteiger partial charge >= 0.3 is 5.97 Å². The van der Waals surface area contributed by atoms with Crippen molar-refractivity contribution < 1.29 is 37.8 Å². The number of hydrogen-bond donors (Lipinski definition) is 6. The molecule has 1 aromatic carbocycles. The first-order valence-corrected chi connectivity index (χ1v) is 16.1. The van der Waals surface area contributed by atoms with Gasteiger partial charge in [-0.3, -0.25) is 14.4 Å². The van der Waals surface area contributed by atoms with Crippen molar-refractivity contribution >= 4 is 33.5 Å². The minimum Gasteiger partial charge on any atom is -0.508 e. The number of phenolic OH excluding ortho intramolecular Hbond substituents is 1. The predicted molar refractivity (Wildman–Crippen MR) is 171 cm³/mol. The Labute approximate surface area is 261 Å². The number of nitrogens with two attached hydrogens (primary N) is 1. The lowest BCUT2D eigenvalue weighted by Gasteiger charge is -2.27. The van der Waals surface area contributed by atoms with Gasteiger partial charge in [-0.25, -0.2) is 13.2 Å². The fourth-order valence-corrected chi connectivity index (χ4v) is 4.10. The highest BCUT2D eigenvalue weighted by molar-refractivity contribution is 7.97. The zero-order valence-electron chi connectivity index (χ0n) is 26.6. The molecule has 44 heavy (non-hydrogen) atoms. The maximum atomic E-state index is 13.2. The number of carboxylic acids is 1. The molecule has 12 nitrogen and oxygen atoms in total. The summed E-state index contributed by atoms with van der Waals surface area (Å²) in [4.78, 5) is 50.7. The first-order valence-electron chi connectivity index (χ1n) is 14.5. The summed E-state index contributed by atoms with van der Waals surface area (Å²) in [5.74, 6) is -2.49. The molecule has 0 spiro atoms. The number of hydrogen-bond acceptors (Lipinski definition) is 8. The number of sulfone groups is 1. The zero-order valence-corrected chi connectivity index (χ0v) is 27.4. The Bertz CT molecular complexity index is 1200. The van der Waals surface area contributed by atoms with E-state index in [2.05, 4.69) is 29.1 Å². The number of rotatable bonds is 17. The molecule has 0 aromatic heterocycles. The minimum absolute atomic E-state index is 0.0429. The average Bonchev–Trinajstić information content (AvgIpc) is 2.92. The first-order chi connectivity index (χ1) is 20.3. The largest absolute Gasteiger partial charge is 0.508 e. The molecule has 0 aliphatic carbocycles. The maximum Gasteiger partial charge on any atom is 0.326 e. The Morgan fingerprint density at radius 2 is 1.11 bits per heavy atom. The van der Waals surface area contributed by atoms with Gasteiger partial charge in [0.25, 0.3) is 0 Å². The van der Waals surface area contributed by atoms with Crippen LogP contribution < -0.4 is 21.7 Å². The van der Waals surface area contributed by atoms with Crippen molar-refractivity contribution in [2.75, 3.05) is 0 Å². The van der Waals surface area contributed by atoms with Gasteiger partial charge in [0.05, 0.1) is 6.04 Å². The monoisotopic (exact) mass is 638 g/mol. The number of phenols is 1. The number of nitrogens with one attached hydrogen (secondary N) is 3. The molecule has 0 bridgehead atoms. The number of aliphatic carboxylic acids is 1. The third-order valence-corrected chi connectivity index (χ3v) is 7.12. The van der Waals surface area contributed by atoms with E-state index in [-0.39, 0.29) is 36.3 Å². The minimum atomic E-state index is -3.13. The summed E-state index contributed by atoms with van der Waals surface area (Å²) in [6.07, 6.45) is 1.10. The number of aromatic hydroxyl groups is 1. The molecule has 4 atom stereocenters. The van der Waals surface area contributed by atoms with Gasteiger partial charge in [-0.15, -0.1) is 0 Å². The summed E-state index contributed by atoms with van der Waals surface area (Å²) in [7, 11) is -3.13. The molecule has 0 saturated heterocycles. The van der Waals surface area contributed by atoms with Crippen LogP contribution in [0, 0.1) is 17.8 Å². The van der Waals surface area contributed by atoms with E-state index in [9.17, 15) is 37.8 Å². The van der Waals surface area contributed by atoms with Gasteiger partial charge in [0.15, 0.2) is 9.84 Å². The molecule has 1 aromatic rings. The summed E-state index contributed by atoms with van der Waals surface area (Å²) in [6.45, 7) is 17.4. The van der Waals surface area contributed by atoms with Crippen LogP contribution in [0.3, 0.4) is 0 Å². The van der Waals surface area contributed by atoms with E-state index in [1.807, 2.05) is 41.5 Å². The number of carbonyl (C=O) groups is 4. The van der Waals surface area contributed by atoms with Crippen molar-refractivity contribution in [2.45, 2.75) is 91.4 Å². The normalized spacial score (nSPS) is 14.0. The summed E-state index contributed by atoms with van der Waals surface area (Å²) < 4.78 is 20.3. The molecule has 0 aliphatic rings. The molecule has 0 fully saturated rings. The Morgan fingerprint density at radius 3 is 1.45 bits per heavy atom. The van der Waals surface area contributed by atoms with E-state index in [4.69, 9.17) is 5.73 Å². The van der Waals surface area contributed by atoms with E-state index in [1.165, 1.54) is 12.1 Å². The predicted octanol–water partition coefficient (Wildman–Crippen LogP) is 2.63. The molecule has 1 rings (SSSR count). The standard InChI is InChI=1S/C27H44N4O6.C4H6O2S/c1-15(2)11-21(29-24(33)20(28)14-18-7-9-19(32)10-8-18)25(34)30-22(12-16(3)4)26(35)31-23(27(36)37)13-17(5)6;1-3-7(5,6)4-2/h7-10,15-17,20-23,32H,11-14,28H2,1-6H3,(H,29,33)(H,30,34)(H,31,35)(H,36,37);3-4H,1-2H2/t20-,21-,22-,23-;/m0./s1. The number of carbonyl (C=O) groups excluding carboxylic acids is 3. The summed E-state index contributed by atoms with van der Waals surface area (Å²) in [5.41, 5.74) is 6.84.